The van der Waals surface area contributed by atoms with Crippen molar-refractivity contribution in [2.24, 2.45) is 5.92 Å². The Morgan fingerprint density at radius 3 is 2.57 bits per heavy atom. The van der Waals surface area contributed by atoms with Crippen molar-refractivity contribution in [3.63, 3.8) is 0 Å². The van der Waals surface area contributed by atoms with Gasteiger partial charge in [-0.1, -0.05) is 6.07 Å². The lowest BCUT2D eigenvalue weighted by Gasteiger charge is -2.38. The van der Waals surface area contributed by atoms with Gasteiger partial charge in [0, 0.05) is 33.7 Å². The molecule has 6 nitrogen and oxygen atoms in total. The zero-order valence-corrected chi connectivity index (χ0v) is 18.4. The Bertz CT molecular complexity index is 1050. The molecule has 1 aliphatic carbocycles. The highest BCUT2D eigenvalue weighted by atomic mass is 32.1. The van der Waals surface area contributed by atoms with E-state index in [1.54, 1.807) is 0 Å². The molecule has 0 aromatic carbocycles. The topological polar surface area (TPSA) is 81.7 Å². The standard InChI is InChI=1S/C22H21NO5S2/c1-11-16(21(25)27-2)17(12-6-8-29-10-12)19-14(23-11)9-13(15-5-4-7-30-15)18(20(19)24)22(26)28-3/h4-8,10,13,17-18,23H,9H2,1-3H3/t13-,17-,18+/m0/s1. The first-order chi connectivity index (χ1) is 14.5. The summed E-state index contributed by atoms with van der Waals surface area (Å²) < 4.78 is 10.0. The Kier molecular flexibility index (Phi) is 5.62. The summed E-state index contributed by atoms with van der Waals surface area (Å²) in [5.74, 6) is -3.20. The molecule has 0 amide bonds. The Labute approximate surface area is 182 Å². The molecule has 0 radical (unpaired) electrons. The zero-order valence-electron chi connectivity index (χ0n) is 16.8. The first-order valence-electron chi connectivity index (χ1n) is 9.44. The average molecular weight is 444 g/mol. The second kappa shape index (κ2) is 8.20. The largest absolute Gasteiger partial charge is 0.468 e. The third-order valence-corrected chi connectivity index (χ3v) is 7.37. The van der Waals surface area contributed by atoms with Crippen LogP contribution in [-0.4, -0.2) is 31.9 Å². The van der Waals surface area contributed by atoms with Crippen LogP contribution in [0, 0.1) is 5.92 Å². The fourth-order valence-electron chi connectivity index (χ4n) is 4.35. The predicted molar refractivity (Wildman–Crippen MR) is 114 cm³/mol. The maximum atomic E-state index is 13.8. The van der Waals surface area contributed by atoms with E-state index in [9.17, 15) is 14.4 Å². The Hall–Kier alpha value is -2.71. The lowest BCUT2D eigenvalue weighted by Crippen LogP contribution is -2.43. The van der Waals surface area contributed by atoms with Gasteiger partial charge < -0.3 is 14.8 Å². The molecule has 2 aliphatic rings. The molecule has 2 aromatic heterocycles. The maximum Gasteiger partial charge on any atom is 0.336 e. The van der Waals surface area contributed by atoms with Crippen LogP contribution < -0.4 is 5.32 Å². The molecule has 4 rings (SSSR count). The van der Waals surface area contributed by atoms with Gasteiger partial charge in [-0.3, -0.25) is 9.59 Å². The lowest BCUT2D eigenvalue weighted by molar-refractivity contribution is -0.149. The molecule has 0 fully saturated rings. The predicted octanol–water partition coefficient (Wildman–Crippen LogP) is 3.74. The number of Topliss-reactive ketones (excluding diaryl/α,β-unsaturated/α-hetero) is 1. The van der Waals surface area contributed by atoms with Crippen molar-refractivity contribution in [1.82, 2.24) is 5.32 Å². The van der Waals surface area contributed by atoms with Crippen molar-refractivity contribution < 1.29 is 23.9 Å². The molecular weight excluding hydrogens is 422 g/mol. The minimum Gasteiger partial charge on any atom is -0.468 e. The molecule has 0 bridgehead atoms. The van der Waals surface area contributed by atoms with Crippen molar-refractivity contribution in [2.75, 3.05) is 14.2 Å². The average Bonchev–Trinajstić information content (AvgIpc) is 3.45. The van der Waals surface area contributed by atoms with Gasteiger partial charge in [-0.25, -0.2) is 4.79 Å². The second-order valence-electron chi connectivity index (χ2n) is 7.23. The summed E-state index contributed by atoms with van der Waals surface area (Å²) in [6.45, 7) is 1.81. The first kappa shape index (κ1) is 20.6. The van der Waals surface area contributed by atoms with E-state index >= 15 is 0 Å². The van der Waals surface area contributed by atoms with Gasteiger partial charge in [-0.05, 0) is 47.2 Å². The van der Waals surface area contributed by atoms with Gasteiger partial charge >= 0.3 is 11.9 Å². The molecule has 2 aromatic rings. The third kappa shape index (κ3) is 3.30. The first-order valence-corrected chi connectivity index (χ1v) is 11.3. The van der Waals surface area contributed by atoms with Gasteiger partial charge in [-0.2, -0.15) is 11.3 Å². The van der Waals surface area contributed by atoms with Crippen LogP contribution >= 0.6 is 22.7 Å². The summed E-state index contributed by atoms with van der Waals surface area (Å²) in [5.41, 5.74) is 3.08. The van der Waals surface area contributed by atoms with Gasteiger partial charge in [0.25, 0.3) is 0 Å². The summed E-state index contributed by atoms with van der Waals surface area (Å²) in [6, 6.07) is 5.74. The van der Waals surface area contributed by atoms with Gasteiger partial charge in [-0.15, -0.1) is 11.3 Å². The van der Waals surface area contributed by atoms with E-state index in [1.165, 1.54) is 36.9 Å². The fraction of sp³-hybridized carbons (Fsp3) is 0.318. The summed E-state index contributed by atoms with van der Waals surface area (Å²) in [5, 5.41) is 9.02. The van der Waals surface area contributed by atoms with Crippen LogP contribution in [0.3, 0.4) is 0 Å². The molecular formula is C22H21NO5S2. The molecule has 156 valence electrons. The number of allylic oxidation sites excluding steroid dienone is 3. The highest BCUT2D eigenvalue weighted by Gasteiger charge is 2.49. The molecule has 1 N–H and O–H groups in total. The highest BCUT2D eigenvalue weighted by molar-refractivity contribution is 7.10. The molecule has 8 heteroatoms. The molecule has 3 heterocycles. The highest BCUT2D eigenvalue weighted by Crippen LogP contribution is 2.48. The molecule has 3 atom stereocenters. The number of dihydropyridines is 1. The van der Waals surface area contributed by atoms with Crippen LogP contribution in [0.25, 0.3) is 0 Å². The van der Waals surface area contributed by atoms with E-state index < -0.39 is 23.8 Å². The van der Waals surface area contributed by atoms with Crippen LogP contribution in [0.2, 0.25) is 0 Å². The van der Waals surface area contributed by atoms with E-state index in [2.05, 4.69) is 5.32 Å². The minimum atomic E-state index is -0.951. The van der Waals surface area contributed by atoms with Crippen LogP contribution in [-0.2, 0) is 23.9 Å². The van der Waals surface area contributed by atoms with E-state index in [1.807, 2.05) is 41.3 Å². The van der Waals surface area contributed by atoms with Crippen molar-refractivity contribution in [1.29, 1.82) is 0 Å². The number of hydrogen-bond acceptors (Lipinski definition) is 8. The zero-order chi connectivity index (χ0) is 21.4. The number of ether oxygens (including phenoxy) is 2. The van der Waals surface area contributed by atoms with Gasteiger partial charge in [0.2, 0.25) is 0 Å². The summed E-state index contributed by atoms with van der Waals surface area (Å²) >= 11 is 3.00. The number of methoxy groups -OCH3 is 2. The van der Waals surface area contributed by atoms with Crippen LogP contribution in [0.1, 0.15) is 35.6 Å². The van der Waals surface area contributed by atoms with Gasteiger partial charge in [0.15, 0.2) is 5.78 Å². The molecule has 1 aliphatic heterocycles. The van der Waals surface area contributed by atoms with Crippen LogP contribution in [0.5, 0.6) is 0 Å². The van der Waals surface area contributed by atoms with Crippen molar-refractivity contribution >= 4 is 40.4 Å². The Balaban J connectivity index is 1.88. The van der Waals surface area contributed by atoms with E-state index in [0.717, 1.165) is 16.1 Å². The Morgan fingerprint density at radius 2 is 1.97 bits per heavy atom. The number of esters is 2. The lowest BCUT2D eigenvalue weighted by atomic mass is 9.68. The second-order valence-corrected chi connectivity index (χ2v) is 8.99. The minimum absolute atomic E-state index is 0.306. The number of rotatable bonds is 4. The van der Waals surface area contributed by atoms with Crippen molar-refractivity contribution in [3.05, 3.63) is 67.3 Å². The van der Waals surface area contributed by atoms with Crippen molar-refractivity contribution in [3.8, 4) is 0 Å². The number of carbonyl (C=O) groups is 3. The summed E-state index contributed by atoms with van der Waals surface area (Å²) in [7, 11) is 2.62. The third-order valence-electron chi connectivity index (χ3n) is 5.66. The fourth-order valence-corrected chi connectivity index (χ4v) is 5.91. The molecule has 30 heavy (non-hydrogen) atoms. The quantitative estimate of drug-likeness (QED) is 0.573. The molecule has 0 saturated heterocycles. The van der Waals surface area contributed by atoms with E-state index in [-0.39, 0.29) is 11.7 Å². The smallest absolute Gasteiger partial charge is 0.336 e. The van der Waals surface area contributed by atoms with Gasteiger partial charge in [0.05, 0.1) is 19.8 Å². The monoisotopic (exact) mass is 443 g/mol. The number of carbonyl (C=O) groups excluding carboxylic acids is 3. The Morgan fingerprint density at radius 1 is 1.17 bits per heavy atom. The number of thiophene rings is 2. The number of ketones is 1. The van der Waals surface area contributed by atoms with Crippen LogP contribution in [0.4, 0.5) is 0 Å². The molecule has 0 spiro atoms. The summed E-state index contributed by atoms with van der Waals surface area (Å²) in [4.78, 5) is 40.1. The van der Waals surface area contributed by atoms with Crippen molar-refractivity contribution in [2.45, 2.75) is 25.2 Å². The van der Waals surface area contributed by atoms with E-state index in [4.69, 9.17) is 9.47 Å². The maximum absolute atomic E-state index is 13.8. The molecule has 0 saturated carbocycles. The SMILES string of the molecule is COC(=O)C1=C(C)NC2=C(C(=O)[C@H](C(=O)OC)[C@H](c3cccs3)C2)[C@H]1c1ccsc1. The number of nitrogens with one attached hydrogen (secondary N) is 1. The van der Waals surface area contributed by atoms with E-state index in [0.29, 0.717) is 23.3 Å². The van der Waals surface area contributed by atoms with Gasteiger partial charge in [0.1, 0.15) is 5.92 Å². The van der Waals surface area contributed by atoms with Crippen LogP contribution in [0.15, 0.2) is 56.9 Å². The normalized spacial score (nSPS) is 23.7. The number of hydrogen-bond donors (Lipinski definition) is 1. The molecule has 0 unspecified atom stereocenters. The summed E-state index contributed by atoms with van der Waals surface area (Å²) in [6.07, 6.45) is 0.480.